The van der Waals surface area contributed by atoms with Crippen LogP contribution in [0.4, 0.5) is 0 Å². The van der Waals surface area contributed by atoms with Crippen LogP contribution in [0.1, 0.15) is 12.8 Å². The highest BCUT2D eigenvalue weighted by Crippen LogP contribution is 2.14. The van der Waals surface area contributed by atoms with Gasteiger partial charge in [-0.05, 0) is 19.9 Å². The fraction of sp³-hybridized carbons (Fsp3) is 0.900. The van der Waals surface area contributed by atoms with Gasteiger partial charge in [-0.15, -0.1) is 0 Å². The molecule has 80 valence electrons. The van der Waals surface area contributed by atoms with Crippen LogP contribution in [-0.4, -0.2) is 50.2 Å². The normalized spacial score (nSPS) is 25.8. The van der Waals surface area contributed by atoms with Crippen LogP contribution in [0.25, 0.3) is 0 Å². The van der Waals surface area contributed by atoms with Gasteiger partial charge >= 0.3 is 0 Å². The number of carbonyl (C=O) groups excluding carboxylic acids is 1. The van der Waals surface area contributed by atoms with Crippen molar-refractivity contribution in [2.75, 3.05) is 33.4 Å². The molecule has 4 nitrogen and oxygen atoms in total. The molecule has 0 radical (unpaired) electrons. The third kappa shape index (κ3) is 2.25. The van der Waals surface area contributed by atoms with Crippen LogP contribution in [0.5, 0.6) is 0 Å². The Morgan fingerprint density at radius 3 is 2.57 bits per heavy atom. The molecule has 2 rings (SSSR count). The first kappa shape index (κ1) is 9.93. The summed E-state index contributed by atoms with van der Waals surface area (Å²) in [5.74, 6) is 0.456. The zero-order valence-corrected chi connectivity index (χ0v) is 8.66. The first-order valence-corrected chi connectivity index (χ1v) is 5.32. The molecule has 0 aliphatic carbocycles. The Balaban J connectivity index is 1.71. The second-order valence-electron chi connectivity index (χ2n) is 4.31. The van der Waals surface area contributed by atoms with Crippen molar-refractivity contribution in [3.63, 3.8) is 0 Å². The molecule has 4 heteroatoms. The van der Waals surface area contributed by atoms with E-state index in [1.807, 2.05) is 7.05 Å². The number of hydrogen-bond acceptors (Lipinski definition) is 3. The summed E-state index contributed by atoms with van der Waals surface area (Å²) in [6.45, 7) is 3.40. The van der Waals surface area contributed by atoms with E-state index < -0.39 is 0 Å². The number of carbonyl (C=O) groups is 1. The van der Waals surface area contributed by atoms with E-state index in [1.54, 1.807) is 0 Å². The summed E-state index contributed by atoms with van der Waals surface area (Å²) in [6.07, 6.45) is 1.93. The Bertz CT molecular complexity index is 208. The standard InChI is InChI=1S/C10H18N2O2/c1-12-6-8(7-12)10(13)11-9-2-4-14-5-3-9/h8-9H,2-7H2,1H3,(H,11,13). The number of rotatable bonds is 2. The van der Waals surface area contributed by atoms with Gasteiger partial charge in [0.1, 0.15) is 0 Å². The maximum atomic E-state index is 11.7. The van der Waals surface area contributed by atoms with Gasteiger partial charge in [-0.3, -0.25) is 4.79 Å². The van der Waals surface area contributed by atoms with E-state index in [4.69, 9.17) is 4.74 Å². The van der Waals surface area contributed by atoms with Gasteiger partial charge < -0.3 is 15.0 Å². The van der Waals surface area contributed by atoms with Gasteiger partial charge in [0.15, 0.2) is 0 Å². The van der Waals surface area contributed by atoms with Crippen LogP contribution >= 0.6 is 0 Å². The molecule has 2 saturated heterocycles. The second-order valence-corrected chi connectivity index (χ2v) is 4.31. The topological polar surface area (TPSA) is 41.6 Å². The highest BCUT2D eigenvalue weighted by Gasteiger charge is 2.31. The largest absolute Gasteiger partial charge is 0.381 e. The van der Waals surface area contributed by atoms with Crippen LogP contribution < -0.4 is 5.32 Å². The summed E-state index contributed by atoms with van der Waals surface area (Å²) >= 11 is 0. The van der Waals surface area contributed by atoms with E-state index in [-0.39, 0.29) is 11.8 Å². The molecule has 2 aliphatic heterocycles. The number of amides is 1. The van der Waals surface area contributed by atoms with Crippen molar-refractivity contribution in [2.45, 2.75) is 18.9 Å². The summed E-state index contributed by atoms with van der Waals surface area (Å²) in [6, 6.07) is 0.349. The van der Waals surface area contributed by atoms with Crippen molar-refractivity contribution in [1.82, 2.24) is 10.2 Å². The number of likely N-dealkylation sites (tertiary alicyclic amines) is 1. The molecule has 0 bridgehead atoms. The first-order valence-electron chi connectivity index (χ1n) is 5.32. The molecule has 0 atom stereocenters. The predicted octanol–water partition coefficient (Wildman–Crippen LogP) is -0.157. The Hall–Kier alpha value is -0.610. The number of ether oxygens (including phenoxy) is 1. The van der Waals surface area contributed by atoms with E-state index in [1.165, 1.54) is 0 Å². The molecule has 2 fully saturated rings. The summed E-state index contributed by atoms with van der Waals surface area (Å²) in [7, 11) is 2.04. The third-order valence-corrected chi connectivity index (χ3v) is 3.00. The van der Waals surface area contributed by atoms with E-state index in [0.717, 1.165) is 39.1 Å². The molecule has 0 aromatic rings. The SMILES string of the molecule is CN1CC(C(=O)NC2CCOCC2)C1. The van der Waals surface area contributed by atoms with Crippen LogP contribution in [-0.2, 0) is 9.53 Å². The monoisotopic (exact) mass is 198 g/mol. The zero-order chi connectivity index (χ0) is 9.97. The molecule has 0 aromatic carbocycles. The third-order valence-electron chi connectivity index (χ3n) is 3.00. The van der Waals surface area contributed by atoms with Gasteiger partial charge in [-0.2, -0.15) is 0 Å². The lowest BCUT2D eigenvalue weighted by atomic mass is 9.99. The molecular formula is C10H18N2O2. The molecule has 0 aromatic heterocycles. The smallest absolute Gasteiger partial charge is 0.225 e. The average molecular weight is 198 g/mol. The average Bonchev–Trinajstić information content (AvgIpc) is 2.14. The zero-order valence-electron chi connectivity index (χ0n) is 8.66. The summed E-state index contributed by atoms with van der Waals surface area (Å²) in [5.41, 5.74) is 0. The molecule has 0 spiro atoms. The summed E-state index contributed by atoms with van der Waals surface area (Å²) in [4.78, 5) is 13.8. The maximum absolute atomic E-state index is 11.7. The van der Waals surface area contributed by atoms with Crippen LogP contribution in [0, 0.1) is 5.92 Å². The molecule has 1 amide bonds. The molecule has 2 aliphatic rings. The minimum absolute atomic E-state index is 0.225. The van der Waals surface area contributed by atoms with E-state index in [0.29, 0.717) is 6.04 Å². The second kappa shape index (κ2) is 4.28. The van der Waals surface area contributed by atoms with Gasteiger partial charge in [0.05, 0.1) is 5.92 Å². The van der Waals surface area contributed by atoms with Gasteiger partial charge in [0, 0.05) is 32.3 Å². The molecule has 14 heavy (non-hydrogen) atoms. The van der Waals surface area contributed by atoms with Gasteiger partial charge in [-0.1, -0.05) is 0 Å². The van der Waals surface area contributed by atoms with Gasteiger partial charge in [0.25, 0.3) is 0 Å². The first-order chi connectivity index (χ1) is 6.75. The van der Waals surface area contributed by atoms with Crippen molar-refractivity contribution in [3.8, 4) is 0 Å². The Labute approximate surface area is 84.6 Å². The maximum Gasteiger partial charge on any atom is 0.225 e. The van der Waals surface area contributed by atoms with E-state index >= 15 is 0 Å². The fourth-order valence-electron chi connectivity index (χ4n) is 2.03. The van der Waals surface area contributed by atoms with Crippen molar-refractivity contribution in [3.05, 3.63) is 0 Å². The predicted molar refractivity (Wildman–Crippen MR) is 53.0 cm³/mol. The van der Waals surface area contributed by atoms with Crippen molar-refractivity contribution in [1.29, 1.82) is 0 Å². The summed E-state index contributed by atoms with van der Waals surface area (Å²) in [5, 5.41) is 3.10. The Kier molecular flexibility index (Phi) is 3.03. The van der Waals surface area contributed by atoms with Crippen molar-refractivity contribution in [2.24, 2.45) is 5.92 Å². The lowest BCUT2D eigenvalue weighted by Crippen LogP contribution is -2.53. The summed E-state index contributed by atoms with van der Waals surface area (Å²) < 4.78 is 5.24. The van der Waals surface area contributed by atoms with E-state index in [2.05, 4.69) is 10.2 Å². The number of nitrogens with one attached hydrogen (secondary N) is 1. The Morgan fingerprint density at radius 2 is 2.00 bits per heavy atom. The molecule has 0 saturated carbocycles. The molecule has 2 heterocycles. The van der Waals surface area contributed by atoms with Crippen LogP contribution in [0.2, 0.25) is 0 Å². The minimum Gasteiger partial charge on any atom is -0.381 e. The Morgan fingerprint density at radius 1 is 1.36 bits per heavy atom. The van der Waals surface area contributed by atoms with Crippen molar-refractivity contribution < 1.29 is 9.53 Å². The van der Waals surface area contributed by atoms with E-state index in [9.17, 15) is 4.79 Å². The highest BCUT2D eigenvalue weighted by molar-refractivity contribution is 5.80. The van der Waals surface area contributed by atoms with Gasteiger partial charge in [-0.25, -0.2) is 0 Å². The lowest BCUT2D eigenvalue weighted by molar-refractivity contribution is -0.130. The minimum atomic E-state index is 0.225. The molecular weight excluding hydrogens is 180 g/mol. The van der Waals surface area contributed by atoms with Crippen LogP contribution in [0.3, 0.4) is 0 Å². The quantitative estimate of drug-likeness (QED) is 0.670. The molecule has 1 N–H and O–H groups in total. The number of hydrogen-bond donors (Lipinski definition) is 1. The highest BCUT2D eigenvalue weighted by atomic mass is 16.5. The van der Waals surface area contributed by atoms with Gasteiger partial charge in [0.2, 0.25) is 5.91 Å². The fourth-order valence-corrected chi connectivity index (χ4v) is 2.03. The lowest BCUT2D eigenvalue weighted by Gasteiger charge is -2.36. The molecule has 0 unspecified atom stereocenters. The number of nitrogens with zero attached hydrogens (tertiary/aromatic N) is 1. The van der Waals surface area contributed by atoms with Crippen molar-refractivity contribution >= 4 is 5.91 Å². The van der Waals surface area contributed by atoms with Crippen LogP contribution in [0.15, 0.2) is 0 Å².